The molecule has 0 fully saturated rings. The third-order valence-corrected chi connectivity index (χ3v) is 1.91. The minimum atomic E-state index is -0.337. The summed E-state index contributed by atoms with van der Waals surface area (Å²) < 4.78 is 0. The second-order valence-corrected chi connectivity index (χ2v) is 2.88. The van der Waals surface area contributed by atoms with Gasteiger partial charge >= 0.3 is 0 Å². The molecule has 2 N–H and O–H groups in total. The summed E-state index contributed by atoms with van der Waals surface area (Å²) in [5.74, 6) is -0.337. The Morgan fingerprint density at radius 3 is 2.67 bits per heavy atom. The van der Waals surface area contributed by atoms with Crippen LogP contribution in [0.15, 0.2) is 18.2 Å². The summed E-state index contributed by atoms with van der Waals surface area (Å²) in [6.07, 6.45) is 0.846. The van der Waals surface area contributed by atoms with Gasteiger partial charge in [-0.3, -0.25) is 4.79 Å². The van der Waals surface area contributed by atoms with Crippen LogP contribution in [0, 0.1) is 6.92 Å². The van der Waals surface area contributed by atoms with Crippen LogP contribution < -0.4 is 5.73 Å². The van der Waals surface area contributed by atoms with Gasteiger partial charge < -0.3 is 5.73 Å². The van der Waals surface area contributed by atoms with Gasteiger partial charge in [0.15, 0.2) is 0 Å². The number of nitrogens with two attached hydrogens (primary N) is 1. The Morgan fingerprint density at radius 1 is 1.50 bits per heavy atom. The highest BCUT2D eigenvalue weighted by Gasteiger charge is 2.05. The van der Waals surface area contributed by atoms with E-state index in [1.54, 1.807) is 0 Å². The normalized spacial score (nSPS) is 9.83. The molecule has 1 aromatic rings. The van der Waals surface area contributed by atoms with Crippen LogP contribution in [0.5, 0.6) is 0 Å². The lowest BCUT2D eigenvalue weighted by atomic mass is 10.0. The molecule has 0 spiro atoms. The van der Waals surface area contributed by atoms with E-state index in [1.807, 2.05) is 32.0 Å². The molecule has 0 aliphatic rings. The summed E-state index contributed by atoms with van der Waals surface area (Å²) in [5.41, 5.74) is 7.96. The fourth-order valence-corrected chi connectivity index (χ4v) is 1.23. The number of hydrogen-bond acceptors (Lipinski definition) is 1. The SMILES string of the molecule is CCc1ccc(C)cc1C(N)=O. The molecule has 12 heavy (non-hydrogen) atoms. The fraction of sp³-hybridized carbons (Fsp3) is 0.300. The topological polar surface area (TPSA) is 43.1 Å². The van der Waals surface area contributed by atoms with Gasteiger partial charge in [0.2, 0.25) is 5.91 Å². The van der Waals surface area contributed by atoms with E-state index in [0.717, 1.165) is 17.5 Å². The average molecular weight is 163 g/mol. The molecule has 0 radical (unpaired) electrons. The monoisotopic (exact) mass is 163 g/mol. The van der Waals surface area contributed by atoms with Gasteiger partial charge in [-0.2, -0.15) is 0 Å². The smallest absolute Gasteiger partial charge is 0.248 e. The minimum Gasteiger partial charge on any atom is -0.366 e. The number of carbonyl (C=O) groups excluding carboxylic acids is 1. The van der Waals surface area contributed by atoms with Gasteiger partial charge in [-0.25, -0.2) is 0 Å². The zero-order valence-electron chi connectivity index (χ0n) is 7.42. The predicted octanol–water partition coefficient (Wildman–Crippen LogP) is 1.66. The van der Waals surface area contributed by atoms with Gasteiger partial charge in [0.1, 0.15) is 0 Å². The first kappa shape index (κ1) is 8.78. The lowest BCUT2D eigenvalue weighted by Gasteiger charge is -2.04. The molecule has 0 bridgehead atoms. The van der Waals surface area contributed by atoms with E-state index in [1.165, 1.54) is 0 Å². The predicted molar refractivity (Wildman–Crippen MR) is 49.1 cm³/mol. The quantitative estimate of drug-likeness (QED) is 0.707. The molecule has 0 aliphatic heterocycles. The average Bonchev–Trinajstić information content (AvgIpc) is 2.04. The number of benzene rings is 1. The van der Waals surface area contributed by atoms with E-state index in [0.29, 0.717) is 5.56 Å². The van der Waals surface area contributed by atoms with Gasteiger partial charge in [0.05, 0.1) is 0 Å². The van der Waals surface area contributed by atoms with Crippen molar-refractivity contribution in [2.24, 2.45) is 5.73 Å². The first-order valence-electron chi connectivity index (χ1n) is 4.04. The summed E-state index contributed by atoms with van der Waals surface area (Å²) in [4.78, 5) is 11.0. The van der Waals surface area contributed by atoms with E-state index in [2.05, 4.69) is 0 Å². The van der Waals surface area contributed by atoms with Gasteiger partial charge in [-0.1, -0.05) is 24.6 Å². The highest BCUT2D eigenvalue weighted by Crippen LogP contribution is 2.11. The minimum absolute atomic E-state index is 0.337. The molecular formula is C10H13NO. The van der Waals surface area contributed by atoms with E-state index >= 15 is 0 Å². The second kappa shape index (κ2) is 3.39. The van der Waals surface area contributed by atoms with Crippen molar-refractivity contribution in [1.29, 1.82) is 0 Å². The number of amides is 1. The number of aryl methyl sites for hydroxylation is 2. The van der Waals surface area contributed by atoms with Crippen LogP contribution in [0.3, 0.4) is 0 Å². The molecule has 0 unspecified atom stereocenters. The molecule has 0 saturated heterocycles. The number of hydrogen-bond donors (Lipinski definition) is 1. The molecule has 1 aromatic carbocycles. The third-order valence-electron chi connectivity index (χ3n) is 1.91. The second-order valence-electron chi connectivity index (χ2n) is 2.88. The molecule has 0 heterocycles. The summed E-state index contributed by atoms with van der Waals surface area (Å²) in [6.45, 7) is 3.96. The van der Waals surface area contributed by atoms with Crippen LogP contribution in [0.25, 0.3) is 0 Å². The maximum absolute atomic E-state index is 11.0. The summed E-state index contributed by atoms with van der Waals surface area (Å²) in [7, 11) is 0. The van der Waals surface area contributed by atoms with Gasteiger partial charge in [-0.15, -0.1) is 0 Å². The van der Waals surface area contributed by atoms with Crippen molar-refractivity contribution < 1.29 is 4.79 Å². The summed E-state index contributed by atoms with van der Waals surface area (Å²) in [5, 5.41) is 0. The molecule has 0 saturated carbocycles. The van der Waals surface area contributed by atoms with E-state index in [-0.39, 0.29) is 5.91 Å². The zero-order valence-corrected chi connectivity index (χ0v) is 7.42. The molecule has 2 heteroatoms. The van der Waals surface area contributed by atoms with E-state index < -0.39 is 0 Å². The molecule has 0 aromatic heterocycles. The van der Waals surface area contributed by atoms with Crippen molar-refractivity contribution in [1.82, 2.24) is 0 Å². The van der Waals surface area contributed by atoms with E-state index in [9.17, 15) is 4.79 Å². The summed E-state index contributed by atoms with van der Waals surface area (Å²) in [6, 6.07) is 5.78. The van der Waals surface area contributed by atoms with Crippen molar-refractivity contribution in [3.63, 3.8) is 0 Å². The molecular weight excluding hydrogens is 150 g/mol. The fourth-order valence-electron chi connectivity index (χ4n) is 1.23. The highest BCUT2D eigenvalue weighted by molar-refractivity contribution is 5.94. The van der Waals surface area contributed by atoms with Crippen molar-refractivity contribution in [2.45, 2.75) is 20.3 Å². The maximum Gasteiger partial charge on any atom is 0.248 e. The Kier molecular flexibility index (Phi) is 2.48. The molecule has 1 amide bonds. The first-order chi connectivity index (χ1) is 5.65. The van der Waals surface area contributed by atoms with E-state index in [4.69, 9.17) is 5.73 Å². The largest absolute Gasteiger partial charge is 0.366 e. The Balaban J connectivity index is 3.21. The van der Waals surface area contributed by atoms with Crippen LogP contribution in [-0.2, 0) is 6.42 Å². The standard InChI is InChI=1S/C10H13NO/c1-3-8-5-4-7(2)6-9(8)10(11)12/h4-6H,3H2,1-2H3,(H2,11,12). The first-order valence-corrected chi connectivity index (χ1v) is 4.04. The van der Waals surface area contributed by atoms with Crippen LogP contribution in [0.4, 0.5) is 0 Å². The number of rotatable bonds is 2. The van der Waals surface area contributed by atoms with Crippen molar-refractivity contribution >= 4 is 5.91 Å². The van der Waals surface area contributed by atoms with Gasteiger partial charge in [0, 0.05) is 5.56 Å². The van der Waals surface area contributed by atoms with Gasteiger partial charge in [0.25, 0.3) is 0 Å². The molecule has 1 rings (SSSR count). The Morgan fingerprint density at radius 2 is 2.17 bits per heavy atom. The molecule has 0 atom stereocenters. The Bertz CT molecular complexity index is 305. The molecule has 0 aliphatic carbocycles. The third kappa shape index (κ3) is 1.64. The highest BCUT2D eigenvalue weighted by atomic mass is 16.1. The van der Waals surface area contributed by atoms with Crippen LogP contribution >= 0.6 is 0 Å². The molecule has 2 nitrogen and oxygen atoms in total. The lowest BCUT2D eigenvalue weighted by Crippen LogP contribution is -2.13. The Hall–Kier alpha value is -1.31. The van der Waals surface area contributed by atoms with Crippen molar-refractivity contribution in [2.75, 3.05) is 0 Å². The number of carbonyl (C=O) groups is 1. The van der Waals surface area contributed by atoms with Crippen LogP contribution in [0.1, 0.15) is 28.4 Å². The van der Waals surface area contributed by atoms with Crippen LogP contribution in [0.2, 0.25) is 0 Å². The lowest BCUT2D eigenvalue weighted by molar-refractivity contribution is 0.0999. The zero-order chi connectivity index (χ0) is 9.14. The number of primary amides is 1. The van der Waals surface area contributed by atoms with Crippen molar-refractivity contribution in [3.05, 3.63) is 34.9 Å². The molecule has 64 valence electrons. The van der Waals surface area contributed by atoms with Crippen molar-refractivity contribution in [3.8, 4) is 0 Å². The van der Waals surface area contributed by atoms with Gasteiger partial charge in [-0.05, 0) is 25.0 Å². The summed E-state index contributed by atoms with van der Waals surface area (Å²) >= 11 is 0. The maximum atomic E-state index is 11.0. The van der Waals surface area contributed by atoms with Crippen LogP contribution in [-0.4, -0.2) is 5.91 Å². The Labute approximate surface area is 72.4 Å².